The van der Waals surface area contributed by atoms with Gasteiger partial charge in [-0.3, -0.25) is 14.4 Å². The number of esters is 3. The van der Waals surface area contributed by atoms with Crippen molar-refractivity contribution in [1.82, 2.24) is 4.90 Å². The van der Waals surface area contributed by atoms with Crippen LogP contribution in [0.5, 0.6) is 0 Å². The van der Waals surface area contributed by atoms with E-state index >= 15 is 0 Å². The molecule has 1 fully saturated rings. The summed E-state index contributed by atoms with van der Waals surface area (Å²) in [5, 5.41) is 0. The molecule has 10 nitrogen and oxygen atoms in total. The van der Waals surface area contributed by atoms with Crippen LogP contribution in [-0.2, 0) is 38.1 Å². The average Bonchev–Trinajstić information content (AvgIpc) is 3.96. The number of carbonyl (C=O) groups is 4. The molecule has 77 heavy (non-hydrogen) atoms. The smallest absolute Gasteiger partial charge is 0.462 e. The van der Waals surface area contributed by atoms with Gasteiger partial charge in [0.05, 0.1) is 6.61 Å². The molecular formula is C67H119NO9. The number of unbranched alkanes of at least 4 members (excludes halogenated alkanes) is 29. The molecule has 0 radical (unpaired) electrons. The van der Waals surface area contributed by atoms with Gasteiger partial charge in [0.15, 0.2) is 6.10 Å². The molecule has 1 rings (SSSR count). The topological polar surface area (TPSA) is 118 Å². The van der Waals surface area contributed by atoms with E-state index in [2.05, 4.69) is 74.3 Å². The molecule has 0 N–H and O–H groups in total. The lowest BCUT2D eigenvalue weighted by Crippen LogP contribution is -2.31. The quantitative estimate of drug-likeness (QED) is 0.0252. The van der Waals surface area contributed by atoms with Gasteiger partial charge in [-0.05, 0) is 129 Å². The maximum absolute atomic E-state index is 13.4. The van der Waals surface area contributed by atoms with Crippen LogP contribution in [0.4, 0.5) is 4.79 Å². The van der Waals surface area contributed by atoms with Gasteiger partial charge < -0.3 is 28.6 Å². The summed E-state index contributed by atoms with van der Waals surface area (Å²) < 4.78 is 28.4. The maximum Gasteiger partial charge on any atom is 0.508 e. The van der Waals surface area contributed by atoms with E-state index in [1.165, 1.54) is 135 Å². The number of nitrogens with zero attached hydrogens (tertiary/aromatic N) is 1. The first-order chi connectivity index (χ1) is 37.9. The van der Waals surface area contributed by atoms with Crippen LogP contribution < -0.4 is 0 Å². The van der Waals surface area contributed by atoms with Gasteiger partial charge in [-0.2, -0.15) is 0 Å². The molecule has 0 aromatic heterocycles. The van der Waals surface area contributed by atoms with Crippen molar-refractivity contribution in [3.05, 3.63) is 48.6 Å². The van der Waals surface area contributed by atoms with Crippen LogP contribution in [0.2, 0.25) is 0 Å². The first-order valence-electron chi connectivity index (χ1n) is 32.5. The van der Waals surface area contributed by atoms with E-state index in [0.29, 0.717) is 13.0 Å². The highest BCUT2D eigenvalue weighted by atomic mass is 16.7. The Balaban J connectivity index is 2.65. The van der Waals surface area contributed by atoms with Crippen LogP contribution in [0.25, 0.3) is 0 Å². The average molecular weight is 1080 g/mol. The first-order valence-corrected chi connectivity index (χ1v) is 32.5. The third kappa shape index (κ3) is 51.8. The SMILES string of the molecule is CCCCC/C=C\C/C=C\CCCCCCCC(=O)OCC(COC(=O)CCCCCCC/C=C\C/C=C\CCCCC)OC(=O)CCC(CCCCCCCCCCCCCCCC)OC(=O)OCCCN1CCCC1. The summed E-state index contributed by atoms with van der Waals surface area (Å²) in [5.74, 6) is -1.22. The van der Waals surface area contributed by atoms with E-state index < -0.39 is 24.3 Å². The second-order valence-corrected chi connectivity index (χ2v) is 22.1. The zero-order valence-electron chi connectivity index (χ0n) is 50.3. The van der Waals surface area contributed by atoms with Crippen LogP contribution >= 0.6 is 0 Å². The Hall–Kier alpha value is -3.40. The van der Waals surface area contributed by atoms with Crippen LogP contribution in [0.15, 0.2) is 48.6 Å². The molecule has 0 aromatic rings. The van der Waals surface area contributed by atoms with Gasteiger partial charge in [0.25, 0.3) is 0 Å². The second kappa shape index (κ2) is 57.3. The third-order valence-corrected chi connectivity index (χ3v) is 14.7. The van der Waals surface area contributed by atoms with Crippen molar-refractivity contribution in [2.45, 2.75) is 315 Å². The molecule has 1 aliphatic heterocycles. The van der Waals surface area contributed by atoms with Crippen molar-refractivity contribution in [3.8, 4) is 0 Å². The Morgan fingerprint density at radius 2 is 0.766 bits per heavy atom. The zero-order valence-corrected chi connectivity index (χ0v) is 50.3. The van der Waals surface area contributed by atoms with Gasteiger partial charge in [0, 0.05) is 25.8 Å². The fourth-order valence-electron chi connectivity index (χ4n) is 9.77. The van der Waals surface area contributed by atoms with Gasteiger partial charge >= 0.3 is 24.1 Å². The van der Waals surface area contributed by atoms with Crippen molar-refractivity contribution >= 4 is 24.1 Å². The molecule has 1 saturated heterocycles. The Morgan fingerprint density at radius 3 is 1.22 bits per heavy atom. The number of hydrogen-bond acceptors (Lipinski definition) is 10. The number of carbonyl (C=O) groups excluding carboxylic acids is 4. The summed E-state index contributed by atoms with van der Waals surface area (Å²) in [6.45, 7) is 9.75. The molecule has 0 saturated carbocycles. The molecule has 1 unspecified atom stereocenters. The van der Waals surface area contributed by atoms with Crippen LogP contribution in [0.1, 0.15) is 303 Å². The minimum atomic E-state index is -0.935. The molecular weight excluding hydrogens is 963 g/mol. The molecule has 0 bridgehead atoms. The summed E-state index contributed by atoms with van der Waals surface area (Å²) >= 11 is 0. The fourth-order valence-corrected chi connectivity index (χ4v) is 9.77. The summed E-state index contributed by atoms with van der Waals surface area (Å²) in [6.07, 6.45) is 62.5. The molecule has 1 aliphatic rings. The molecule has 1 heterocycles. The standard InChI is InChI=1S/C67H119NO9/c1-4-7-10-13-16-19-22-25-28-31-34-37-40-43-46-52-64(69)74-60-63(61-75-65(70)53-47-44-41-38-35-32-29-26-23-20-17-14-11-8-5-2)76-66(71)55-54-62(77-67(72)73-59-50-58-68-56-48-49-57-68)51-45-42-39-36-33-30-27-24-21-18-15-12-9-6-3/h16-17,19-20,25-26,28-29,62-63H,4-15,18,21-24,27,30-61H2,1-3H3/b19-16-,20-17-,28-25-,29-26-. The molecule has 1 atom stereocenters. The van der Waals surface area contributed by atoms with Gasteiger partial charge in [0.2, 0.25) is 0 Å². The predicted octanol–water partition coefficient (Wildman–Crippen LogP) is 19.3. The molecule has 0 spiro atoms. The highest BCUT2D eigenvalue weighted by Gasteiger charge is 2.23. The molecule has 0 aromatic carbocycles. The van der Waals surface area contributed by atoms with Crippen LogP contribution in [0.3, 0.4) is 0 Å². The summed E-state index contributed by atoms with van der Waals surface area (Å²) in [4.78, 5) is 54.5. The van der Waals surface area contributed by atoms with Gasteiger partial charge in [-0.15, -0.1) is 0 Å². The Morgan fingerprint density at radius 1 is 0.377 bits per heavy atom. The largest absolute Gasteiger partial charge is 0.508 e. The number of allylic oxidation sites excluding steroid dienone is 8. The predicted molar refractivity (Wildman–Crippen MR) is 321 cm³/mol. The summed E-state index contributed by atoms with van der Waals surface area (Å²) in [5.41, 5.74) is 0. The lowest BCUT2D eigenvalue weighted by Gasteiger charge is -2.20. The Labute approximate surface area is 473 Å². The minimum Gasteiger partial charge on any atom is -0.462 e. The van der Waals surface area contributed by atoms with Crippen molar-refractivity contribution in [2.24, 2.45) is 0 Å². The maximum atomic E-state index is 13.4. The van der Waals surface area contributed by atoms with Crippen molar-refractivity contribution in [1.29, 1.82) is 0 Å². The Kier molecular flexibility index (Phi) is 53.3. The van der Waals surface area contributed by atoms with E-state index in [1.54, 1.807) is 0 Å². The first kappa shape index (κ1) is 71.6. The lowest BCUT2D eigenvalue weighted by atomic mass is 10.0. The molecule has 0 aliphatic carbocycles. The normalized spacial score (nSPS) is 13.5. The zero-order chi connectivity index (χ0) is 55.6. The minimum absolute atomic E-state index is 0.00182. The summed E-state index contributed by atoms with van der Waals surface area (Å²) in [7, 11) is 0. The molecule has 446 valence electrons. The monoisotopic (exact) mass is 1080 g/mol. The van der Waals surface area contributed by atoms with Gasteiger partial charge in [0.1, 0.15) is 19.3 Å². The number of rotatable bonds is 56. The fraction of sp³-hybridized carbons (Fsp3) is 0.821. The molecule has 0 amide bonds. The van der Waals surface area contributed by atoms with E-state index in [-0.39, 0.29) is 50.8 Å². The van der Waals surface area contributed by atoms with Crippen molar-refractivity contribution < 1.29 is 42.9 Å². The lowest BCUT2D eigenvalue weighted by molar-refractivity contribution is -0.167. The highest BCUT2D eigenvalue weighted by molar-refractivity contribution is 5.71. The van der Waals surface area contributed by atoms with Crippen molar-refractivity contribution in [3.63, 3.8) is 0 Å². The van der Waals surface area contributed by atoms with Crippen LogP contribution in [0, 0.1) is 0 Å². The Bertz CT molecular complexity index is 1410. The van der Waals surface area contributed by atoms with E-state index in [4.69, 9.17) is 23.7 Å². The third-order valence-electron chi connectivity index (χ3n) is 14.7. The molecule has 10 heteroatoms. The number of ether oxygens (including phenoxy) is 5. The number of hydrogen-bond donors (Lipinski definition) is 0. The van der Waals surface area contributed by atoms with E-state index in [0.717, 1.165) is 135 Å². The second-order valence-electron chi connectivity index (χ2n) is 22.1. The number of likely N-dealkylation sites (tertiary alicyclic amines) is 1. The van der Waals surface area contributed by atoms with E-state index in [9.17, 15) is 19.2 Å². The highest BCUT2D eigenvalue weighted by Crippen LogP contribution is 2.19. The van der Waals surface area contributed by atoms with Crippen molar-refractivity contribution in [2.75, 3.05) is 39.5 Å². The van der Waals surface area contributed by atoms with Gasteiger partial charge in [-0.1, -0.05) is 217 Å². The van der Waals surface area contributed by atoms with E-state index in [1.807, 2.05) is 0 Å². The van der Waals surface area contributed by atoms with Crippen LogP contribution in [-0.4, -0.2) is 80.6 Å². The summed E-state index contributed by atoms with van der Waals surface area (Å²) in [6, 6.07) is 0. The van der Waals surface area contributed by atoms with Gasteiger partial charge in [-0.25, -0.2) is 4.79 Å².